The second-order valence-corrected chi connectivity index (χ2v) is 24.3. The Kier molecular flexibility index (Phi) is 10.0. The van der Waals surface area contributed by atoms with E-state index in [-0.39, 0.29) is 0 Å². The van der Waals surface area contributed by atoms with Gasteiger partial charge in [-0.3, -0.25) is 0 Å². The van der Waals surface area contributed by atoms with Gasteiger partial charge in [0.15, 0.2) is 0 Å². The average Bonchev–Trinajstić information content (AvgIpc) is 3.81. The number of rotatable bonds is 0. The van der Waals surface area contributed by atoms with Crippen LogP contribution < -0.4 is 25.8 Å². The monoisotopic (exact) mass is 1010 g/mol. The molecule has 0 aliphatic carbocycles. The van der Waals surface area contributed by atoms with Gasteiger partial charge in [-0.2, -0.15) is 15.8 Å². The van der Waals surface area contributed by atoms with E-state index in [1.54, 1.807) is 18.2 Å². The van der Waals surface area contributed by atoms with E-state index in [9.17, 15) is 50.4 Å². The molecule has 9 nitrogen and oxygen atoms in total. The molecule has 0 fully saturated rings. The second-order valence-electron chi connectivity index (χ2n) is 15.3. The van der Waals surface area contributed by atoms with E-state index < -0.39 is 23.4 Å². The Morgan fingerprint density at radius 1 is 0.368 bits per heavy atom. The molecule has 0 saturated heterocycles. The Labute approximate surface area is 376 Å². The predicted octanol–water partition coefficient (Wildman–Crippen LogP) is 14.0. The fraction of sp³-hybridized carbons (Fsp3) is 0.0682. The summed E-state index contributed by atoms with van der Waals surface area (Å²) in [7, 11) is -27.2. The molecule has 9 aromatic rings. The van der Waals surface area contributed by atoms with Crippen LogP contribution in [0.3, 0.4) is 0 Å². The summed E-state index contributed by atoms with van der Waals surface area (Å²) in [5.74, 6) is 1.52. The Morgan fingerprint density at radius 3 is 0.794 bits per heavy atom. The number of hydrogen-bond donors (Lipinski definition) is 0. The van der Waals surface area contributed by atoms with Gasteiger partial charge in [0.2, 0.25) is 0 Å². The van der Waals surface area contributed by atoms with Crippen molar-refractivity contribution >= 4 is 88.5 Å². The van der Waals surface area contributed by atoms with Gasteiger partial charge in [-0.25, -0.2) is 0 Å². The summed E-state index contributed by atoms with van der Waals surface area (Å²) in [6.45, 7) is 4.29. The zero-order chi connectivity index (χ0) is 50.1. The van der Waals surface area contributed by atoms with Crippen molar-refractivity contribution in [3.8, 4) is 29.7 Å². The van der Waals surface area contributed by atoms with Crippen molar-refractivity contribution in [2.24, 2.45) is 0 Å². The van der Waals surface area contributed by atoms with Gasteiger partial charge >= 0.3 is 322 Å². The first-order chi connectivity index (χ1) is 31.3. The summed E-state index contributed by atoms with van der Waals surface area (Å²) in [5, 5.41) is 30.8. The van der Waals surface area contributed by atoms with Gasteiger partial charge in [-0.1, -0.05) is 0 Å². The Balaban J connectivity index is 0.000000252. The zero-order valence-electron chi connectivity index (χ0n) is 35.2. The third-order valence-corrected chi connectivity index (χ3v) is 18.0. The minimum atomic E-state index is -10.7. The molecule has 5 aromatic carbocycles. The number of aromatic nitrogens is 4. The van der Waals surface area contributed by atoms with Crippen LogP contribution in [0.1, 0.15) is 20.8 Å². The Hall–Kier alpha value is -7.43. The summed E-state index contributed by atoms with van der Waals surface area (Å²) >= 11 is 0. The van der Waals surface area contributed by atoms with Crippen LogP contribution in [0.2, 0.25) is 0 Å². The molecule has 4 aromatic heterocycles. The van der Waals surface area contributed by atoms with E-state index in [1.165, 1.54) is 20.8 Å². The number of pyridine rings is 4. The van der Waals surface area contributed by atoms with Crippen LogP contribution in [-0.2, 0) is 0 Å². The SMILES string of the molecule is CC#N.CC#N.CC#N.F[P-](F)(F)(F)(F)F.F[P-](F)(F)(F)(F)F.c1ccc2c(c1)c1c(c3ccccc32)O[Si-2]23(O1)([n+]1cccc4ccc5ccc[n+]2c5c41)[n+]1cccc2ccc4ccc[n+]3c4c21. The molecule has 0 bridgehead atoms. The molecule has 24 heteroatoms. The third-order valence-electron chi connectivity index (χ3n) is 11.0. The second kappa shape index (κ2) is 14.1. The number of fused-ring (bicyclic) bond motifs is 6. The molecule has 12 rings (SSSR count). The van der Waals surface area contributed by atoms with Crippen LogP contribution in [0, 0.1) is 34.0 Å². The molecule has 3 aliphatic rings. The predicted molar refractivity (Wildman–Crippen MR) is 235 cm³/mol. The van der Waals surface area contributed by atoms with Crippen LogP contribution in [0.5, 0.6) is 11.5 Å². The van der Waals surface area contributed by atoms with Gasteiger partial charge < -0.3 is 0 Å². The summed E-state index contributed by atoms with van der Waals surface area (Å²) in [6.07, 6.45) is 8.72. The maximum absolute atomic E-state index is 10.7. The van der Waals surface area contributed by atoms with Gasteiger partial charge in [-0.15, -0.1) is 0 Å². The molecular formula is C44H33F12N7O2P2Si. The summed E-state index contributed by atoms with van der Waals surface area (Å²) in [5.41, 5.74) is 4.35. The van der Waals surface area contributed by atoms with Crippen molar-refractivity contribution in [2.75, 3.05) is 0 Å². The fourth-order valence-electron chi connectivity index (χ4n) is 9.45. The topological polar surface area (TPSA) is 105 Å². The molecule has 1 spiro atoms. The number of nitriles is 3. The number of nitrogens with zero attached hydrogens (tertiary/aromatic N) is 7. The molecular weight excluding hydrogens is 977 g/mol. The number of halogens is 12. The number of benzene rings is 5. The van der Waals surface area contributed by atoms with E-state index in [2.05, 4.69) is 163 Å². The van der Waals surface area contributed by atoms with Crippen LogP contribution in [-0.4, -0.2) is 7.76 Å². The summed E-state index contributed by atoms with van der Waals surface area (Å²) in [4.78, 5) is 0. The quantitative estimate of drug-likeness (QED) is 0.0651. The molecule has 0 saturated carbocycles. The molecule has 354 valence electrons. The third kappa shape index (κ3) is 7.72. The van der Waals surface area contributed by atoms with Gasteiger partial charge in [0, 0.05) is 20.8 Å². The van der Waals surface area contributed by atoms with Crippen LogP contribution in [0.4, 0.5) is 50.4 Å². The Bertz CT molecular complexity index is 3370. The van der Waals surface area contributed by atoms with Gasteiger partial charge in [0.25, 0.3) is 0 Å². The van der Waals surface area contributed by atoms with E-state index >= 15 is 0 Å². The van der Waals surface area contributed by atoms with Crippen molar-refractivity contribution in [1.29, 1.82) is 15.8 Å². The zero-order valence-corrected chi connectivity index (χ0v) is 38.0. The standard InChI is InChI=1S/C38H24N4O2Si.3C2H3N.2F6P/c1-3-15-31-29(13-1)30-14-2-4-16-32(30)38-37(31)43-45(44-38,39-21-5-9-25-17-18-26-10-6-22-40(45)34(26)33(25)39)41-23-7-11-27-19-20-28-12-8-24-42(45)36(28)35(27)41;3*1-2-3;2*1-7(2,3,4,5)6/h1-24H;3*1H3;;/q+2;;;;2*-1. The minimum absolute atomic E-state index is 0.761. The molecule has 0 radical (unpaired) electrons. The molecule has 0 amide bonds. The average molecular weight is 1010 g/mol. The van der Waals surface area contributed by atoms with E-state index in [1.807, 2.05) is 0 Å². The normalized spacial score (nSPS) is 17.4. The first-order valence-electron chi connectivity index (χ1n) is 19.6. The first kappa shape index (κ1) is 48.5. The molecule has 68 heavy (non-hydrogen) atoms. The molecule has 0 atom stereocenters. The van der Waals surface area contributed by atoms with Gasteiger partial charge in [0.1, 0.15) is 0 Å². The summed E-state index contributed by atoms with van der Waals surface area (Å²) < 4.78 is 144. The van der Waals surface area contributed by atoms with E-state index in [0.717, 1.165) is 76.7 Å². The van der Waals surface area contributed by atoms with Crippen LogP contribution >= 0.6 is 15.6 Å². The fourth-order valence-corrected chi connectivity index (χ4v) is 17.5. The van der Waals surface area contributed by atoms with E-state index in [4.69, 9.17) is 24.6 Å². The van der Waals surface area contributed by atoms with Crippen molar-refractivity contribution in [1.82, 2.24) is 0 Å². The van der Waals surface area contributed by atoms with Crippen molar-refractivity contribution in [3.63, 3.8) is 0 Å². The number of hydrogen-bond acceptors (Lipinski definition) is 5. The molecule has 7 heterocycles. The molecule has 3 aliphatic heterocycles. The van der Waals surface area contributed by atoms with Crippen LogP contribution in [0.25, 0.3) is 65.2 Å². The van der Waals surface area contributed by atoms with E-state index in [0.29, 0.717) is 0 Å². The first-order valence-corrected chi connectivity index (χ1v) is 26.3. The van der Waals surface area contributed by atoms with Crippen molar-refractivity contribution in [3.05, 3.63) is 146 Å². The maximum atomic E-state index is 9.87. The molecule has 0 unspecified atom stereocenters. The van der Waals surface area contributed by atoms with Gasteiger partial charge in [0.05, 0.1) is 18.2 Å². The Morgan fingerprint density at radius 2 is 0.574 bits per heavy atom. The van der Waals surface area contributed by atoms with Crippen molar-refractivity contribution < 1.29 is 76.1 Å². The van der Waals surface area contributed by atoms with Crippen LogP contribution in [0.15, 0.2) is 146 Å². The van der Waals surface area contributed by atoms with Gasteiger partial charge in [-0.05, 0) is 0 Å². The van der Waals surface area contributed by atoms with Crippen molar-refractivity contribution in [2.45, 2.75) is 20.8 Å². The molecule has 0 N–H and O–H groups in total. The summed E-state index contributed by atoms with van der Waals surface area (Å²) in [6, 6.07) is 48.5.